The van der Waals surface area contributed by atoms with Gasteiger partial charge in [0.05, 0.1) is 5.69 Å². The second-order valence-electron chi connectivity index (χ2n) is 5.13. The van der Waals surface area contributed by atoms with E-state index in [0.29, 0.717) is 19.0 Å². The van der Waals surface area contributed by atoms with Crippen LogP contribution in [-0.4, -0.2) is 12.5 Å². The highest BCUT2D eigenvalue weighted by molar-refractivity contribution is 5.93. The number of hydrogen-bond acceptors (Lipinski definition) is 2. The summed E-state index contributed by atoms with van der Waals surface area (Å²) in [6, 6.07) is 1.21. The minimum Gasteiger partial charge on any atom is -0.330 e. The van der Waals surface area contributed by atoms with Crippen LogP contribution >= 0.6 is 0 Å². The van der Waals surface area contributed by atoms with E-state index in [1.54, 1.807) is 0 Å². The van der Waals surface area contributed by atoms with Gasteiger partial charge < -0.3 is 11.1 Å². The van der Waals surface area contributed by atoms with E-state index < -0.39 is 29.0 Å². The molecule has 110 valence electrons. The number of halogens is 3. The quantitative estimate of drug-likeness (QED) is 0.839. The van der Waals surface area contributed by atoms with Crippen LogP contribution in [0.15, 0.2) is 12.1 Å². The Balaban J connectivity index is 2.15. The van der Waals surface area contributed by atoms with Crippen LogP contribution in [0.3, 0.4) is 0 Å². The fraction of sp³-hybridized carbons (Fsp3) is 0.500. The standard InChI is InChI=1S/C14H17F3N2O/c15-9-5-11(16)13(17)12(6-9)19-14(20)10-4-2-1-3-8(10)7-18/h5-6,8,10H,1-4,7,18H2,(H,19,20). The van der Waals surface area contributed by atoms with Crippen LogP contribution < -0.4 is 11.1 Å². The van der Waals surface area contributed by atoms with Crippen molar-refractivity contribution in [3.05, 3.63) is 29.6 Å². The van der Waals surface area contributed by atoms with Gasteiger partial charge in [-0.2, -0.15) is 0 Å². The molecule has 0 spiro atoms. The highest BCUT2D eigenvalue weighted by atomic mass is 19.2. The number of rotatable bonds is 3. The molecule has 1 amide bonds. The lowest BCUT2D eigenvalue weighted by Gasteiger charge is -2.29. The first-order valence-corrected chi connectivity index (χ1v) is 6.68. The Morgan fingerprint density at radius 3 is 2.65 bits per heavy atom. The normalized spacial score (nSPS) is 22.6. The average Bonchev–Trinajstić information content (AvgIpc) is 2.44. The number of hydrogen-bond donors (Lipinski definition) is 2. The smallest absolute Gasteiger partial charge is 0.227 e. The van der Waals surface area contributed by atoms with Crippen LogP contribution in [0.4, 0.5) is 18.9 Å². The second-order valence-corrected chi connectivity index (χ2v) is 5.13. The lowest BCUT2D eigenvalue weighted by molar-refractivity contribution is -0.122. The Morgan fingerprint density at radius 2 is 1.95 bits per heavy atom. The second kappa shape index (κ2) is 6.26. The summed E-state index contributed by atoms with van der Waals surface area (Å²) in [5.74, 6) is -4.23. The Morgan fingerprint density at radius 1 is 1.25 bits per heavy atom. The fourth-order valence-corrected chi connectivity index (χ4v) is 2.71. The van der Waals surface area contributed by atoms with E-state index in [1.807, 2.05) is 0 Å². The van der Waals surface area contributed by atoms with Crippen molar-refractivity contribution < 1.29 is 18.0 Å². The minimum absolute atomic E-state index is 0.0326. The molecule has 1 aliphatic rings. The maximum Gasteiger partial charge on any atom is 0.227 e. The summed E-state index contributed by atoms with van der Waals surface area (Å²) in [6.45, 7) is 0.373. The minimum atomic E-state index is -1.32. The third-order valence-electron chi connectivity index (χ3n) is 3.80. The molecule has 1 saturated carbocycles. The highest BCUT2D eigenvalue weighted by Gasteiger charge is 2.30. The van der Waals surface area contributed by atoms with Gasteiger partial charge >= 0.3 is 0 Å². The van der Waals surface area contributed by atoms with Gasteiger partial charge in [0, 0.05) is 18.1 Å². The predicted octanol–water partition coefficient (Wildman–Crippen LogP) is 2.81. The summed E-state index contributed by atoms with van der Waals surface area (Å²) in [5, 5.41) is 2.28. The topological polar surface area (TPSA) is 55.1 Å². The maximum absolute atomic E-state index is 13.5. The lowest BCUT2D eigenvalue weighted by atomic mass is 9.78. The summed E-state index contributed by atoms with van der Waals surface area (Å²) < 4.78 is 39.7. The zero-order chi connectivity index (χ0) is 14.7. The molecule has 1 aromatic rings. The van der Waals surface area contributed by atoms with Crippen LogP contribution in [0.1, 0.15) is 25.7 Å². The Hall–Kier alpha value is -1.56. The van der Waals surface area contributed by atoms with Crippen LogP contribution in [-0.2, 0) is 4.79 Å². The summed E-state index contributed by atoms with van der Waals surface area (Å²) >= 11 is 0. The molecule has 1 aliphatic carbocycles. The molecule has 0 aliphatic heterocycles. The number of nitrogens with two attached hydrogens (primary N) is 1. The van der Waals surface area contributed by atoms with Gasteiger partial charge in [-0.05, 0) is 25.3 Å². The number of benzene rings is 1. The molecule has 1 aromatic carbocycles. The molecule has 20 heavy (non-hydrogen) atoms. The van der Waals surface area contributed by atoms with E-state index in [-0.39, 0.29) is 11.8 Å². The zero-order valence-electron chi connectivity index (χ0n) is 11.0. The predicted molar refractivity (Wildman–Crippen MR) is 69.4 cm³/mol. The van der Waals surface area contributed by atoms with Crippen LogP contribution in [0.2, 0.25) is 0 Å². The first kappa shape index (κ1) is 14.8. The van der Waals surface area contributed by atoms with Crippen molar-refractivity contribution >= 4 is 11.6 Å². The van der Waals surface area contributed by atoms with Crippen LogP contribution in [0.5, 0.6) is 0 Å². The Labute approximate surface area is 115 Å². The summed E-state index contributed by atoms with van der Waals surface area (Å²) in [6.07, 6.45) is 3.41. The molecule has 0 saturated heterocycles. The van der Waals surface area contributed by atoms with Crippen LogP contribution in [0, 0.1) is 29.3 Å². The van der Waals surface area contributed by atoms with Crippen molar-refractivity contribution in [2.75, 3.05) is 11.9 Å². The SMILES string of the molecule is NCC1CCCCC1C(=O)Nc1cc(F)cc(F)c1F. The van der Waals surface area contributed by atoms with E-state index in [2.05, 4.69) is 5.32 Å². The van der Waals surface area contributed by atoms with Gasteiger partial charge in [-0.3, -0.25) is 4.79 Å². The monoisotopic (exact) mass is 286 g/mol. The number of amides is 1. The largest absolute Gasteiger partial charge is 0.330 e. The third-order valence-corrected chi connectivity index (χ3v) is 3.80. The molecule has 0 radical (unpaired) electrons. The lowest BCUT2D eigenvalue weighted by Crippen LogP contribution is -2.35. The summed E-state index contributed by atoms with van der Waals surface area (Å²) in [4.78, 5) is 12.1. The molecule has 1 fully saturated rings. The van der Waals surface area contributed by atoms with Crippen molar-refractivity contribution in [3.63, 3.8) is 0 Å². The van der Waals surface area contributed by atoms with E-state index >= 15 is 0 Å². The molecule has 6 heteroatoms. The average molecular weight is 286 g/mol. The van der Waals surface area contributed by atoms with E-state index in [1.165, 1.54) is 0 Å². The number of carbonyl (C=O) groups is 1. The van der Waals surface area contributed by atoms with Gasteiger partial charge in [-0.25, -0.2) is 13.2 Å². The van der Waals surface area contributed by atoms with E-state index in [0.717, 1.165) is 25.3 Å². The van der Waals surface area contributed by atoms with Gasteiger partial charge in [-0.15, -0.1) is 0 Å². The third kappa shape index (κ3) is 3.12. The van der Waals surface area contributed by atoms with Gasteiger partial charge in [0.2, 0.25) is 5.91 Å². The molecule has 3 N–H and O–H groups in total. The Bertz CT molecular complexity index is 507. The van der Waals surface area contributed by atoms with Gasteiger partial charge in [0.1, 0.15) is 5.82 Å². The van der Waals surface area contributed by atoms with Crippen molar-refractivity contribution in [1.82, 2.24) is 0 Å². The van der Waals surface area contributed by atoms with E-state index in [9.17, 15) is 18.0 Å². The highest BCUT2D eigenvalue weighted by Crippen LogP contribution is 2.31. The number of anilines is 1. The molecular weight excluding hydrogens is 269 g/mol. The molecule has 2 atom stereocenters. The zero-order valence-corrected chi connectivity index (χ0v) is 11.0. The molecule has 2 unspecified atom stereocenters. The fourth-order valence-electron chi connectivity index (χ4n) is 2.71. The molecule has 2 rings (SSSR count). The van der Waals surface area contributed by atoms with E-state index in [4.69, 9.17) is 5.73 Å². The maximum atomic E-state index is 13.5. The van der Waals surface area contributed by atoms with Crippen molar-refractivity contribution in [2.45, 2.75) is 25.7 Å². The van der Waals surface area contributed by atoms with Crippen LogP contribution in [0.25, 0.3) is 0 Å². The molecule has 0 aromatic heterocycles. The molecule has 3 nitrogen and oxygen atoms in total. The van der Waals surface area contributed by atoms with Crippen molar-refractivity contribution in [1.29, 1.82) is 0 Å². The summed E-state index contributed by atoms with van der Waals surface area (Å²) in [7, 11) is 0. The first-order chi connectivity index (χ1) is 9.52. The van der Waals surface area contributed by atoms with Gasteiger partial charge in [0.25, 0.3) is 0 Å². The van der Waals surface area contributed by atoms with Crippen molar-refractivity contribution in [2.24, 2.45) is 17.6 Å². The molecule has 0 bridgehead atoms. The number of nitrogens with one attached hydrogen (secondary N) is 1. The number of carbonyl (C=O) groups excluding carboxylic acids is 1. The molecule has 0 heterocycles. The molecular formula is C14H17F3N2O. The Kier molecular flexibility index (Phi) is 4.65. The van der Waals surface area contributed by atoms with Gasteiger partial charge in [0.15, 0.2) is 11.6 Å². The first-order valence-electron chi connectivity index (χ1n) is 6.68. The van der Waals surface area contributed by atoms with Crippen molar-refractivity contribution in [3.8, 4) is 0 Å². The van der Waals surface area contributed by atoms with Gasteiger partial charge in [-0.1, -0.05) is 12.8 Å². The summed E-state index contributed by atoms with van der Waals surface area (Å²) in [5.41, 5.74) is 5.16.